The van der Waals surface area contributed by atoms with Gasteiger partial charge >= 0.3 is 6.18 Å². The largest absolute Gasteiger partial charge is 0.416 e. The Labute approximate surface area is 151 Å². The first-order chi connectivity index (χ1) is 11.4. The first kappa shape index (κ1) is 17.3. The highest BCUT2D eigenvalue weighted by Crippen LogP contribution is 2.43. The molecule has 0 radical (unpaired) electrons. The summed E-state index contributed by atoms with van der Waals surface area (Å²) in [5, 5.41) is 2.89. The van der Waals surface area contributed by atoms with Crippen molar-refractivity contribution < 1.29 is 18.0 Å². The van der Waals surface area contributed by atoms with E-state index in [1.54, 1.807) is 18.2 Å². The molecule has 2 nitrogen and oxygen atoms in total. The third-order valence-corrected chi connectivity index (χ3v) is 5.32. The van der Waals surface area contributed by atoms with E-state index in [2.05, 4.69) is 27.9 Å². The van der Waals surface area contributed by atoms with E-state index in [0.717, 1.165) is 9.64 Å². The Bertz CT molecular complexity index is 760. The summed E-state index contributed by atoms with van der Waals surface area (Å²) in [5.74, 6) is -0.535. The topological polar surface area (TPSA) is 29.1 Å². The maximum Gasteiger partial charge on any atom is 0.416 e. The second-order valence-corrected chi connectivity index (χ2v) is 6.99. The number of rotatable bonds is 3. The highest BCUT2D eigenvalue weighted by atomic mass is 127. The quantitative estimate of drug-likeness (QED) is 0.664. The number of benzene rings is 2. The predicted octanol–water partition coefficient (Wildman–Crippen LogP) is 4.99. The van der Waals surface area contributed by atoms with Crippen LogP contribution in [0.25, 0.3) is 0 Å². The lowest BCUT2D eigenvalue weighted by Crippen LogP contribution is -2.46. The predicted molar refractivity (Wildman–Crippen MR) is 93.8 cm³/mol. The number of hydrogen-bond acceptors (Lipinski definition) is 1. The van der Waals surface area contributed by atoms with Crippen molar-refractivity contribution in [2.75, 3.05) is 0 Å². The monoisotopic (exact) mass is 445 g/mol. The van der Waals surface area contributed by atoms with Crippen molar-refractivity contribution in [2.24, 2.45) is 0 Å². The molecule has 0 spiro atoms. The average Bonchev–Trinajstić information content (AvgIpc) is 2.51. The first-order valence-corrected chi connectivity index (χ1v) is 8.67. The molecule has 6 heteroatoms. The second-order valence-electron chi connectivity index (χ2n) is 5.83. The highest BCUT2D eigenvalue weighted by Gasteiger charge is 2.40. The summed E-state index contributed by atoms with van der Waals surface area (Å²) < 4.78 is 40.4. The minimum absolute atomic E-state index is 0.237. The molecule has 1 aliphatic carbocycles. The molecule has 1 fully saturated rings. The van der Waals surface area contributed by atoms with Crippen LogP contribution < -0.4 is 5.32 Å². The molecule has 0 bridgehead atoms. The lowest BCUT2D eigenvalue weighted by atomic mass is 9.73. The van der Waals surface area contributed by atoms with E-state index in [0.29, 0.717) is 18.4 Å². The van der Waals surface area contributed by atoms with Gasteiger partial charge < -0.3 is 5.32 Å². The van der Waals surface area contributed by atoms with Crippen molar-refractivity contribution in [2.45, 2.75) is 31.0 Å². The van der Waals surface area contributed by atoms with E-state index in [-0.39, 0.29) is 23.4 Å². The van der Waals surface area contributed by atoms with E-state index in [9.17, 15) is 18.0 Å². The number of hydrogen-bond donors (Lipinski definition) is 1. The maximum atomic E-state index is 13.2. The van der Waals surface area contributed by atoms with E-state index < -0.39 is 11.7 Å². The van der Waals surface area contributed by atoms with Crippen LogP contribution in [0.5, 0.6) is 0 Å². The molecule has 2 aromatic rings. The lowest BCUT2D eigenvalue weighted by Gasteiger charge is -2.38. The van der Waals surface area contributed by atoms with Gasteiger partial charge in [-0.05, 0) is 59.2 Å². The lowest BCUT2D eigenvalue weighted by molar-refractivity contribution is -0.138. The first-order valence-electron chi connectivity index (χ1n) is 7.59. The van der Waals surface area contributed by atoms with Crippen LogP contribution in [0.4, 0.5) is 13.2 Å². The number of carbonyl (C=O) groups excluding carboxylic acids is 1. The van der Waals surface area contributed by atoms with Crippen LogP contribution >= 0.6 is 22.6 Å². The summed E-state index contributed by atoms with van der Waals surface area (Å²) in [4.78, 5) is 12.4. The fraction of sp³-hybridized carbons (Fsp3) is 0.278. The number of nitrogens with one attached hydrogen (secondary N) is 1. The molecule has 0 aliphatic heterocycles. The summed E-state index contributed by atoms with van der Waals surface area (Å²) >= 11 is 2.08. The van der Waals surface area contributed by atoms with Gasteiger partial charge in [0.25, 0.3) is 5.91 Å². The Morgan fingerprint density at radius 3 is 2.33 bits per heavy atom. The van der Waals surface area contributed by atoms with Crippen molar-refractivity contribution in [1.29, 1.82) is 0 Å². The van der Waals surface area contributed by atoms with E-state index in [1.165, 1.54) is 12.1 Å². The van der Waals surface area contributed by atoms with Crippen LogP contribution in [0, 0.1) is 3.57 Å². The van der Waals surface area contributed by atoms with Gasteiger partial charge in [-0.1, -0.05) is 30.3 Å². The van der Waals surface area contributed by atoms with Crippen LogP contribution in [0.3, 0.4) is 0 Å². The molecule has 0 aromatic heterocycles. The van der Waals surface area contributed by atoms with Crippen LogP contribution in [0.2, 0.25) is 0 Å². The Hall–Kier alpha value is -1.57. The van der Waals surface area contributed by atoms with Gasteiger partial charge in [0.15, 0.2) is 0 Å². The molecule has 1 aliphatic rings. The van der Waals surface area contributed by atoms with Gasteiger partial charge in [0.2, 0.25) is 0 Å². The summed E-state index contributed by atoms with van der Waals surface area (Å²) in [5.41, 5.74) is 0.209. The molecule has 1 saturated carbocycles. The molecule has 1 amide bonds. The zero-order valence-electron chi connectivity index (χ0n) is 12.6. The van der Waals surface area contributed by atoms with Crippen molar-refractivity contribution in [3.63, 3.8) is 0 Å². The zero-order valence-corrected chi connectivity index (χ0v) is 14.8. The van der Waals surface area contributed by atoms with Gasteiger partial charge in [0, 0.05) is 15.5 Å². The van der Waals surface area contributed by atoms with Crippen molar-refractivity contribution in [3.05, 3.63) is 68.8 Å². The molecule has 126 valence electrons. The van der Waals surface area contributed by atoms with E-state index in [4.69, 9.17) is 0 Å². The Balaban J connectivity index is 1.79. The fourth-order valence-electron chi connectivity index (χ4n) is 3.01. The van der Waals surface area contributed by atoms with Gasteiger partial charge in [-0.3, -0.25) is 4.79 Å². The van der Waals surface area contributed by atoms with E-state index in [1.807, 2.05) is 12.1 Å². The number of alkyl halides is 3. The molecule has 0 unspecified atom stereocenters. The Morgan fingerprint density at radius 1 is 1.04 bits per heavy atom. The molecule has 3 rings (SSSR count). The molecule has 1 N–H and O–H groups in total. The van der Waals surface area contributed by atoms with Crippen LogP contribution in [-0.2, 0) is 6.18 Å². The maximum absolute atomic E-state index is 13.2. The Kier molecular flexibility index (Phi) is 4.85. The van der Waals surface area contributed by atoms with Crippen molar-refractivity contribution in [3.8, 4) is 0 Å². The van der Waals surface area contributed by atoms with Crippen LogP contribution in [0.15, 0.2) is 48.5 Å². The van der Waals surface area contributed by atoms with Crippen LogP contribution in [0.1, 0.15) is 40.2 Å². The van der Waals surface area contributed by atoms with Gasteiger partial charge in [0.1, 0.15) is 0 Å². The van der Waals surface area contributed by atoms with Gasteiger partial charge in [0.05, 0.1) is 11.1 Å². The van der Waals surface area contributed by atoms with E-state index >= 15 is 0 Å². The normalized spacial score (nSPS) is 20.3. The summed E-state index contributed by atoms with van der Waals surface area (Å²) in [6.45, 7) is 0. The molecule has 2 aromatic carbocycles. The third-order valence-electron chi connectivity index (χ3n) is 4.38. The fourth-order valence-corrected chi connectivity index (χ4v) is 3.65. The van der Waals surface area contributed by atoms with Gasteiger partial charge in [-0.25, -0.2) is 0 Å². The minimum Gasteiger partial charge on any atom is -0.349 e. The molecule has 2 atom stereocenters. The summed E-state index contributed by atoms with van der Waals surface area (Å²) in [7, 11) is 0. The standard InChI is InChI=1S/C18H15F3INO/c19-18(20,21)14-7-3-1-5-11(14)12-9-10-16(12)23-17(24)13-6-2-4-8-15(13)22/h1-8,12,16H,9-10H2,(H,23,24)/t12-,16-/m0/s1. The molecule has 0 saturated heterocycles. The van der Waals surface area contributed by atoms with Crippen molar-refractivity contribution >= 4 is 28.5 Å². The number of amides is 1. The number of carbonyl (C=O) groups is 1. The number of halogens is 4. The molecule has 24 heavy (non-hydrogen) atoms. The third kappa shape index (κ3) is 3.43. The minimum atomic E-state index is -4.38. The van der Waals surface area contributed by atoms with Crippen LogP contribution in [-0.4, -0.2) is 11.9 Å². The Morgan fingerprint density at radius 2 is 1.71 bits per heavy atom. The SMILES string of the molecule is O=C(N[C@H]1CC[C@H]1c1ccccc1C(F)(F)F)c1ccccc1I. The molecular weight excluding hydrogens is 430 g/mol. The second kappa shape index (κ2) is 6.74. The molecule has 0 heterocycles. The van der Waals surface area contributed by atoms with Gasteiger partial charge in [-0.15, -0.1) is 0 Å². The summed E-state index contributed by atoms with van der Waals surface area (Å²) in [6, 6.07) is 12.5. The van der Waals surface area contributed by atoms with Gasteiger partial charge in [-0.2, -0.15) is 13.2 Å². The summed E-state index contributed by atoms with van der Waals surface area (Å²) in [6.07, 6.45) is -3.05. The molecular formula is C18H15F3INO. The van der Waals surface area contributed by atoms with Crippen molar-refractivity contribution in [1.82, 2.24) is 5.32 Å². The zero-order chi connectivity index (χ0) is 17.3. The smallest absolute Gasteiger partial charge is 0.349 e. The highest BCUT2D eigenvalue weighted by molar-refractivity contribution is 14.1. The average molecular weight is 445 g/mol.